The zero-order chi connectivity index (χ0) is 22.5. The van der Waals surface area contributed by atoms with Gasteiger partial charge in [-0.15, -0.1) is 0 Å². The third kappa shape index (κ3) is 5.37. The number of benzene rings is 2. The molecule has 0 bridgehead atoms. The largest absolute Gasteiger partial charge is 0.369 e. The van der Waals surface area contributed by atoms with Gasteiger partial charge in [0.2, 0.25) is 0 Å². The van der Waals surface area contributed by atoms with Gasteiger partial charge in [0.05, 0.1) is 11.0 Å². The van der Waals surface area contributed by atoms with Gasteiger partial charge in [0, 0.05) is 32.3 Å². The van der Waals surface area contributed by atoms with Gasteiger partial charge >= 0.3 is 0 Å². The number of likely N-dealkylation sites (tertiary alicyclic amines) is 1. The Hall–Kier alpha value is -3.32. The Kier molecular flexibility index (Phi) is 6.58. The molecule has 2 aromatic heterocycles. The van der Waals surface area contributed by atoms with Crippen LogP contribution in [0.3, 0.4) is 0 Å². The molecule has 1 aliphatic rings. The quantitative estimate of drug-likeness (QED) is 0.437. The number of fused-ring (bicyclic) bond motifs is 1. The number of para-hydroxylation sites is 2. The van der Waals surface area contributed by atoms with Gasteiger partial charge in [-0.25, -0.2) is 19.3 Å². The van der Waals surface area contributed by atoms with Crippen molar-refractivity contribution in [1.29, 1.82) is 0 Å². The maximum absolute atomic E-state index is 13.4. The zero-order valence-electron chi connectivity index (χ0n) is 18.7. The highest BCUT2D eigenvalue weighted by Gasteiger charge is 2.22. The number of nitrogens with one attached hydrogen (secondary N) is 1. The van der Waals surface area contributed by atoms with E-state index in [1.54, 1.807) is 12.5 Å². The lowest BCUT2D eigenvalue weighted by atomic mass is 9.93. The molecular formula is C26H29FN6. The maximum atomic E-state index is 13.4. The summed E-state index contributed by atoms with van der Waals surface area (Å²) in [5, 5.41) is 3.36. The van der Waals surface area contributed by atoms with E-state index in [2.05, 4.69) is 43.0 Å². The number of aromatic nitrogens is 4. The van der Waals surface area contributed by atoms with Gasteiger partial charge in [-0.2, -0.15) is 0 Å². The van der Waals surface area contributed by atoms with Crippen LogP contribution in [0.2, 0.25) is 0 Å². The average molecular weight is 445 g/mol. The van der Waals surface area contributed by atoms with Crippen LogP contribution in [0.4, 0.5) is 10.2 Å². The second kappa shape index (κ2) is 10.1. The van der Waals surface area contributed by atoms with Crippen molar-refractivity contribution in [3.05, 3.63) is 84.3 Å². The third-order valence-electron chi connectivity index (χ3n) is 6.48. The smallest absolute Gasteiger partial charge is 0.129 e. The highest BCUT2D eigenvalue weighted by Crippen LogP contribution is 2.25. The summed E-state index contributed by atoms with van der Waals surface area (Å²) in [6.07, 6.45) is 6.64. The summed E-state index contributed by atoms with van der Waals surface area (Å²) in [5.74, 6) is 2.43. The second-order valence-corrected chi connectivity index (χ2v) is 8.74. The first-order valence-corrected chi connectivity index (χ1v) is 11.7. The molecule has 4 aromatic rings. The third-order valence-corrected chi connectivity index (χ3v) is 6.48. The lowest BCUT2D eigenvalue weighted by Gasteiger charge is -2.32. The molecular weight excluding hydrogens is 415 g/mol. The maximum Gasteiger partial charge on any atom is 0.129 e. The molecule has 5 rings (SSSR count). The van der Waals surface area contributed by atoms with Crippen LogP contribution >= 0.6 is 0 Å². The number of hydrogen-bond acceptors (Lipinski definition) is 5. The molecule has 0 saturated carbocycles. The van der Waals surface area contributed by atoms with Gasteiger partial charge in [0.25, 0.3) is 0 Å². The van der Waals surface area contributed by atoms with Crippen LogP contribution < -0.4 is 5.32 Å². The Morgan fingerprint density at radius 2 is 1.82 bits per heavy atom. The van der Waals surface area contributed by atoms with Gasteiger partial charge < -0.3 is 14.8 Å². The molecule has 33 heavy (non-hydrogen) atoms. The summed E-state index contributed by atoms with van der Waals surface area (Å²) < 4.78 is 15.7. The number of anilines is 1. The van der Waals surface area contributed by atoms with Crippen LogP contribution in [0.5, 0.6) is 0 Å². The van der Waals surface area contributed by atoms with E-state index in [-0.39, 0.29) is 5.82 Å². The van der Waals surface area contributed by atoms with Crippen molar-refractivity contribution in [2.45, 2.75) is 25.8 Å². The van der Waals surface area contributed by atoms with Crippen molar-refractivity contribution in [3.63, 3.8) is 0 Å². The zero-order valence-corrected chi connectivity index (χ0v) is 18.7. The molecule has 1 saturated heterocycles. The van der Waals surface area contributed by atoms with E-state index in [0.29, 0.717) is 12.5 Å². The predicted molar refractivity (Wildman–Crippen MR) is 129 cm³/mol. The Balaban J connectivity index is 1.20. The van der Waals surface area contributed by atoms with E-state index in [0.717, 1.165) is 60.8 Å². The summed E-state index contributed by atoms with van der Waals surface area (Å²) in [4.78, 5) is 15.7. The minimum absolute atomic E-state index is 0.200. The van der Waals surface area contributed by atoms with Crippen LogP contribution in [-0.2, 0) is 13.0 Å². The van der Waals surface area contributed by atoms with Gasteiger partial charge in [0.15, 0.2) is 0 Å². The predicted octanol–water partition coefficient (Wildman–Crippen LogP) is 4.38. The molecule has 6 nitrogen and oxygen atoms in total. The normalized spacial score (nSPS) is 15.2. The summed E-state index contributed by atoms with van der Waals surface area (Å²) >= 11 is 0. The van der Waals surface area contributed by atoms with Crippen molar-refractivity contribution < 1.29 is 4.39 Å². The van der Waals surface area contributed by atoms with E-state index in [1.807, 2.05) is 24.3 Å². The van der Waals surface area contributed by atoms with Crippen LogP contribution in [0.15, 0.2) is 67.1 Å². The van der Waals surface area contributed by atoms with Crippen LogP contribution in [0.1, 0.15) is 24.2 Å². The Morgan fingerprint density at radius 1 is 1.00 bits per heavy atom. The lowest BCUT2D eigenvalue weighted by Crippen LogP contribution is -2.37. The highest BCUT2D eigenvalue weighted by atomic mass is 19.1. The molecule has 2 aromatic carbocycles. The minimum atomic E-state index is -0.200. The fraction of sp³-hybridized carbons (Fsp3) is 0.346. The number of nitrogens with zero attached hydrogens (tertiary/aromatic N) is 5. The summed E-state index contributed by atoms with van der Waals surface area (Å²) in [5.41, 5.74) is 3.26. The number of imidazole rings is 1. The van der Waals surface area contributed by atoms with Gasteiger partial charge in [-0.1, -0.05) is 24.3 Å². The van der Waals surface area contributed by atoms with E-state index in [1.165, 1.54) is 25.0 Å². The Bertz CT molecular complexity index is 1170. The van der Waals surface area contributed by atoms with E-state index >= 15 is 0 Å². The SMILES string of the molecule is Fc1ccc(Cn2c(CC3CCN(CCNc4ccncn4)CC3)nc3ccccc32)cc1. The van der Waals surface area contributed by atoms with E-state index in [4.69, 9.17) is 4.98 Å². The molecule has 0 atom stereocenters. The van der Waals surface area contributed by atoms with Crippen LogP contribution in [0, 0.1) is 11.7 Å². The number of halogens is 1. The first kappa shape index (κ1) is 21.5. The van der Waals surface area contributed by atoms with Crippen LogP contribution in [0.25, 0.3) is 11.0 Å². The second-order valence-electron chi connectivity index (χ2n) is 8.74. The fourth-order valence-electron chi connectivity index (χ4n) is 4.64. The Morgan fingerprint density at radius 3 is 2.61 bits per heavy atom. The molecule has 0 aliphatic carbocycles. The first-order valence-electron chi connectivity index (χ1n) is 11.7. The molecule has 0 spiro atoms. The average Bonchev–Trinajstić information content (AvgIpc) is 3.19. The highest BCUT2D eigenvalue weighted by molar-refractivity contribution is 5.76. The fourth-order valence-corrected chi connectivity index (χ4v) is 4.64. The molecule has 1 N–H and O–H groups in total. The molecule has 0 unspecified atom stereocenters. The standard InChI is InChI=1S/C26H29FN6/c27-22-7-5-21(6-8-22)18-33-24-4-2-1-3-23(24)31-26(33)17-20-10-14-32(15-11-20)16-13-29-25-9-12-28-19-30-25/h1-9,12,19-20H,10-11,13-18H2,(H,28,29,30). The first-order chi connectivity index (χ1) is 16.2. The molecule has 0 amide bonds. The van der Waals surface area contributed by atoms with Crippen molar-refractivity contribution in [2.24, 2.45) is 5.92 Å². The molecule has 3 heterocycles. The topological polar surface area (TPSA) is 58.9 Å². The van der Waals surface area contributed by atoms with Crippen molar-refractivity contribution in [2.75, 3.05) is 31.5 Å². The van der Waals surface area contributed by atoms with Gasteiger partial charge in [-0.3, -0.25) is 0 Å². The van der Waals surface area contributed by atoms with Crippen molar-refractivity contribution in [3.8, 4) is 0 Å². The molecule has 7 heteroatoms. The lowest BCUT2D eigenvalue weighted by molar-refractivity contribution is 0.188. The molecule has 170 valence electrons. The number of rotatable bonds is 8. The van der Waals surface area contributed by atoms with E-state index in [9.17, 15) is 4.39 Å². The molecule has 1 aliphatic heterocycles. The number of hydrogen-bond donors (Lipinski definition) is 1. The molecule has 0 radical (unpaired) electrons. The number of piperidine rings is 1. The van der Waals surface area contributed by atoms with Gasteiger partial charge in [0.1, 0.15) is 23.8 Å². The van der Waals surface area contributed by atoms with E-state index < -0.39 is 0 Å². The van der Waals surface area contributed by atoms with Crippen molar-refractivity contribution >= 4 is 16.9 Å². The minimum Gasteiger partial charge on any atom is -0.369 e. The summed E-state index contributed by atoms with van der Waals surface area (Å²) in [6.45, 7) is 4.82. The van der Waals surface area contributed by atoms with Gasteiger partial charge in [-0.05, 0) is 67.7 Å². The molecule has 1 fully saturated rings. The monoisotopic (exact) mass is 444 g/mol. The Labute approximate surface area is 193 Å². The van der Waals surface area contributed by atoms with Crippen molar-refractivity contribution in [1.82, 2.24) is 24.4 Å². The summed E-state index contributed by atoms with van der Waals surface area (Å²) in [7, 11) is 0. The summed E-state index contributed by atoms with van der Waals surface area (Å²) in [6, 6.07) is 17.0. The van der Waals surface area contributed by atoms with Crippen LogP contribution in [-0.4, -0.2) is 50.6 Å².